The molecule has 2 aromatic carbocycles. The zero-order valence-electron chi connectivity index (χ0n) is 23.4. The molecule has 0 unspecified atom stereocenters. The molecule has 198 valence electrons. The van der Waals surface area contributed by atoms with Gasteiger partial charge >= 0.3 is 0 Å². The van der Waals surface area contributed by atoms with Crippen molar-refractivity contribution in [2.75, 3.05) is 6.61 Å². The number of hydrogen-bond acceptors (Lipinski definition) is 1. The summed E-state index contributed by atoms with van der Waals surface area (Å²) < 4.78 is 5.88. The van der Waals surface area contributed by atoms with Gasteiger partial charge in [-0.3, -0.25) is 0 Å². The maximum atomic E-state index is 5.88. The summed E-state index contributed by atoms with van der Waals surface area (Å²) >= 11 is 0. The minimum absolute atomic E-state index is 0.664. The summed E-state index contributed by atoms with van der Waals surface area (Å²) in [5, 5.41) is 0. The van der Waals surface area contributed by atoms with Crippen LogP contribution in [0.5, 0.6) is 5.75 Å². The van der Waals surface area contributed by atoms with Gasteiger partial charge in [-0.15, -0.1) is 0 Å². The molecule has 2 aromatic rings. The van der Waals surface area contributed by atoms with Crippen molar-refractivity contribution in [2.24, 2.45) is 11.8 Å². The van der Waals surface area contributed by atoms with Crippen LogP contribution in [0.15, 0.2) is 60.7 Å². The van der Waals surface area contributed by atoms with Crippen molar-refractivity contribution >= 4 is 0 Å². The highest BCUT2D eigenvalue weighted by Gasteiger charge is 2.22. The fraction of sp³-hybridized carbons (Fsp3) is 0.556. The third-order valence-electron chi connectivity index (χ3n) is 8.73. The second-order valence-electron chi connectivity index (χ2n) is 11.5. The summed E-state index contributed by atoms with van der Waals surface area (Å²) in [6.07, 6.45) is 21.4. The van der Waals surface area contributed by atoms with Gasteiger partial charge in [0.2, 0.25) is 0 Å². The second kappa shape index (κ2) is 15.1. The van der Waals surface area contributed by atoms with Gasteiger partial charge < -0.3 is 4.74 Å². The predicted octanol–water partition coefficient (Wildman–Crippen LogP) is 10.2. The number of allylic oxidation sites excluding steroid dienone is 2. The highest BCUT2D eigenvalue weighted by molar-refractivity contribution is 5.39. The lowest BCUT2D eigenvalue weighted by atomic mass is 9.77. The molecule has 0 radical (unpaired) electrons. The first kappa shape index (κ1) is 27.6. The Labute approximate surface area is 227 Å². The Balaban J connectivity index is 1.18. The molecule has 2 aliphatic carbocycles. The monoisotopic (exact) mass is 496 g/mol. The molecule has 0 N–H and O–H groups in total. The average Bonchev–Trinajstić information content (AvgIpc) is 2.95. The van der Waals surface area contributed by atoms with Crippen LogP contribution in [0.3, 0.4) is 0 Å². The molecule has 0 atom stereocenters. The van der Waals surface area contributed by atoms with Crippen LogP contribution in [0.4, 0.5) is 0 Å². The molecular weight excluding hydrogens is 448 g/mol. The van der Waals surface area contributed by atoms with Gasteiger partial charge in [-0.05, 0) is 123 Å². The van der Waals surface area contributed by atoms with Crippen molar-refractivity contribution in [3.05, 3.63) is 77.4 Å². The second-order valence-corrected chi connectivity index (χ2v) is 11.5. The molecule has 0 heterocycles. The van der Waals surface area contributed by atoms with Gasteiger partial charge in [0, 0.05) is 5.56 Å². The summed E-state index contributed by atoms with van der Waals surface area (Å²) in [6.45, 7) is 5.38. The summed E-state index contributed by atoms with van der Waals surface area (Å²) in [4.78, 5) is 0. The lowest BCUT2D eigenvalue weighted by Crippen LogP contribution is -2.13. The first-order valence-electron chi connectivity index (χ1n) is 15.3. The van der Waals surface area contributed by atoms with Crippen LogP contribution in [0.1, 0.15) is 126 Å². The number of benzene rings is 2. The molecular formula is C36H48O. The molecule has 2 aliphatic rings. The van der Waals surface area contributed by atoms with Gasteiger partial charge in [0.15, 0.2) is 0 Å². The Morgan fingerprint density at radius 1 is 0.730 bits per heavy atom. The van der Waals surface area contributed by atoms with Crippen LogP contribution >= 0.6 is 0 Å². The van der Waals surface area contributed by atoms with E-state index in [4.69, 9.17) is 4.74 Å². The van der Waals surface area contributed by atoms with Crippen LogP contribution in [0.25, 0.3) is 0 Å². The normalized spacial score (nSPS) is 23.9. The number of unbranched alkanes of at least 4 members (excludes halogenated alkanes) is 2. The third-order valence-corrected chi connectivity index (χ3v) is 8.73. The standard InChI is InChI=1S/C36H48O/c1-3-5-8-28-37-36-26-24-35(25-27-36)34-22-16-31(17-23-34)11-7-6-10-30-14-20-33(21-15-30)32-18-12-29(9-4-2)13-19-32/h7,11,14-15,20-21,24-27,29,31-32,34H,3-5,8-9,12-13,16-19,22-23,28H2,1-2H3/b11-7+. The molecule has 37 heavy (non-hydrogen) atoms. The van der Waals surface area contributed by atoms with Crippen LogP contribution in [-0.2, 0) is 0 Å². The molecule has 0 amide bonds. The fourth-order valence-corrected chi connectivity index (χ4v) is 6.36. The molecule has 2 saturated carbocycles. The zero-order chi connectivity index (χ0) is 25.7. The quantitative estimate of drug-likeness (QED) is 0.235. The summed E-state index contributed by atoms with van der Waals surface area (Å²) in [7, 11) is 0. The van der Waals surface area contributed by atoms with Gasteiger partial charge in [0.05, 0.1) is 6.61 Å². The van der Waals surface area contributed by atoms with Crippen molar-refractivity contribution < 1.29 is 4.74 Å². The van der Waals surface area contributed by atoms with Crippen LogP contribution in [0.2, 0.25) is 0 Å². The minimum atomic E-state index is 0.664. The van der Waals surface area contributed by atoms with Gasteiger partial charge in [0.1, 0.15) is 5.75 Å². The summed E-state index contributed by atoms with van der Waals surface area (Å²) in [5.74, 6) is 10.7. The van der Waals surface area contributed by atoms with E-state index in [1.165, 1.54) is 88.2 Å². The van der Waals surface area contributed by atoms with E-state index in [2.05, 4.69) is 86.4 Å². The lowest BCUT2D eigenvalue weighted by molar-refractivity contribution is 0.306. The van der Waals surface area contributed by atoms with Crippen molar-refractivity contribution in [1.29, 1.82) is 0 Å². The van der Waals surface area contributed by atoms with Crippen molar-refractivity contribution in [2.45, 2.75) is 109 Å². The average molecular weight is 497 g/mol. The first-order chi connectivity index (χ1) is 18.2. The molecule has 1 nitrogen and oxygen atoms in total. The Morgan fingerprint density at radius 2 is 1.35 bits per heavy atom. The minimum Gasteiger partial charge on any atom is -0.494 e. The Morgan fingerprint density at radius 3 is 1.97 bits per heavy atom. The molecule has 2 fully saturated rings. The highest BCUT2D eigenvalue weighted by Crippen LogP contribution is 2.38. The Kier molecular flexibility index (Phi) is 11.2. The number of hydrogen-bond donors (Lipinski definition) is 0. The van der Waals surface area contributed by atoms with E-state index in [0.717, 1.165) is 36.2 Å². The molecule has 0 aliphatic heterocycles. The van der Waals surface area contributed by atoms with Gasteiger partial charge in [0.25, 0.3) is 0 Å². The van der Waals surface area contributed by atoms with E-state index >= 15 is 0 Å². The molecule has 0 saturated heterocycles. The predicted molar refractivity (Wildman–Crippen MR) is 158 cm³/mol. The highest BCUT2D eigenvalue weighted by atomic mass is 16.5. The molecule has 1 heteroatoms. The smallest absolute Gasteiger partial charge is 0.119 e. The largest absolute Gasteiger partial charge is 0.494 e. The van der Waals surface area contributed by atoms with E-state index in [1.54, 1.807) is 0 Å². The first-order valence-corrected chi connectivity index (χ1v) is 15.3. The molecule has 4 rings (SSSR count). The summed E-state index contributed by atoms with van der Waals surface area (Å²) in [6, 6.07) is 18.0. The Hall–Kier alpha value is -2.46. The number of ether oxygens (including phenoxy) is 1. The third kappa shape index (κ3) is 8.81. The maximum absolute atomic E-state index is 5.88. The van der Waals surface area contributed by atoms with Crippen molar-refractivity contribution in [3.63, 3.8) is 0 Å². The van der Waals surface area contributed by atoms with E-state index in [-0.39, 0.29) is 0 Å². The molecule has 0 bridgehead atoms. The van der Waals surface area contributed by atoms with Gasteiger partial charge in [-0.1, -0.05) is 81.7 Å². The maximum Gasteiger partial charge on any atom is 0.119 e. The van der Waals surface area contributed by atoms with Crippen molar-refractivity contribution in [1.82, 2.24) is 0 Å². The molecule has 0 spiro atoms. The van der Waals surface area contributed by atoms with E-state index in [1.807, 2.05) is 0 Å². The lowest BCUT2D eigenvalue weighted by Gasteiger charge is -2.28. The van der Waals surface area contributed by atoms with E-state index in [9.17, 15) is 0 Å². The van der Waals surface area contributed by atoms with Crippen molar-refractivity contribution in [3.8, 4) is 17.6 Å². The van der Waals surface area contributed by atoms with E-state index in [0.29, 0.717) is 11.8 Å². The number of rotatable bonds is 10. The molecule has 0 aromatic heterocycles. The topological polar surface area (TPSA) is 9.23 Å². The fourth-order valence-electron chi connectivity index (χ4n) is 6.36. The van der Waals surface area contributed by atoms with Gasteiger partial charge in [-0.2, -0.15) is 0 Å². The summed E-state index contributed by atoms with van der Waals surface area (Å²) in [5.41, 5.74) is 4.12. The SMILES string of the molecule is CCCCCOc1ccc(C2CCC(/C=C/C#Cc3ccc(C4CCC(CCC)CC4)cc3)CC2)cc1. The van der Waals surface area contributed by atoms with Crippen LogP contribution in [-0.4, -0.2) is 6.61 Å². The van der Waals surface area contributed by atoms with Crippen LogP contribution < -0.4 is 4.74 Å². The van der Waals surface area contributed by atoms with E-state index < -0.39 is 0 Å². The zero-order valence-corrected chi connectivity index (χ0v) is 23.4. The Bertz CT molecular complexity index is 987. The van der Waals surface area contributed by atoms with Crippen LogP contribution in [0, 0.1) is 23.7 Å². The van der Waals surface area contributed by atoms with Gasteiger partial charge in [-0.25, -0.2) is 0 Å².